The molecule has 0 radical (unpaired) electrons. The molecule has 1 N–H and O–H groups in total. The van der Waals surface area contributed by atoms with Crippen molar-refractivity contribution in [3.05, 3.63) is 35.9 Å². The second kappa shape index (κ2) is 5.37. The van der Waals surface area contributed by atoms with Gasteiger partial charge in [0.1, 0.15) is 12.2 Å². The summed E-state index contributed by atoms with van der Waals surface area (Å²) in [5.74, 6) is 0.729. The van der Waals surface area contributed by atoms with Gasteiger partial charge in [0.15, 0.2) is 0 Å². The molecule has 3 heterocycles. The van der Waals surface area contributed by atoms with Crippen molar-refractivity contribution in [2.75, 3.05) is 5.32 Å². The molecule has 0 saturated carbocycles. The Bertz CT molecular complexity index is 739. The lowest BCUT2D eigenvalue weighted by molar-refractivity contribution is 0.0173. The third kappa shape index (κ3) is 2.48. The van der Waals surface area contributed by atoms with E-state index in [1.165, 1.54) is 12.8 Å². The first-order chi connectivity index (χ1) is 11.1. The van der Waals surface area contributed by atoms with Gasteiger partial charge in [0.25, 0.3) is 0 Å². The van der Waals surface area contributed by atoms with Gasteiger partial charge in [-0.1, -0.05) is 6.07 Å². The minimum absolute atomic E-state index is 0.0236. The maximum Gasteiger partial charge on any atom is 0.322 e. The van der Waals surface area contributed by atoms with Crippen molar-refractivity contribution in [1.29, 1.82) is 0 Å². The average Bonchev–Trinajstić information content (AvgIpc) is 2.96. The minimum atomic E-state index is 0.0236. The SMILES string of the molecule is Cc1ncn(-c2cc(NC(=O)N3C4CCCC3C4)ccc2C)n1. The quantitative estimate of drug-likeness (QED) is 0.927. The first-order valence-corrected chi connectivity index (χ1v) is 8.20. The fraction of sp³-hybridized carbons (Fsp3) is 0.471. The molecule has 1 aromatic heterocycles. The lowest BCUT2D eigenvalue weighted by Crippen LogP contribution is -2.62. The molecule has 0 spiro atoms. The highest BCUT2D eigenvalue weighted by Crippen LogP contribution is 2.38. The number of carbonyl (C=O) groups is 1. The predicted octanol–water partition coefficient (Wildman–Crippen LogP) is 3.04. The molecule has 2 atom stereocenters. The van der Waals surface area contributed by atoms with Gasteiger partial charge in [-0.05, 0) is 57.2 Å². The summed E-state index contributed by atoms with van der Waals surface area (Å²) >= 11 is 0. The van der Waals surface area contributed by atoms with Crippen LogP contribution in [0.3, 0.4) is 0 Å². The van der Waals surface area contributed by atoms with Gasteiger partial charge in [0.2, 0.25) is 0 Å². The Balaban J connectivity index is 1.54. The number of rotatable bonds is 2. The molecule has 23 heavy (non-hydrogen) atoms. The van der Waals surface area contributed by atoms with Gasteiger partial charge in [0, 0.05) is 17.8 Å². The van der Waals surface area contributed by atoms with Gasteiger partial charge < -0.3 is 10.2 Å². The molecule has 4 rings (SSSR count). The normalized spacial score (nSPS) is 22.6. The van der Waals surface area contributed by atoms with Crippen LogP contribution in [0.1, 0.15) is 37.1 Å². The average molecular weight is 311 g/mol. The van der Waals surface area contributed by atoms with Crippen molar-refractivity contribution in [2.24, 2.45) is 0 Å². The standard InChI is InChI=1S/C17H21N5O/c1-11-6-7-13(8-16(11)21-10-18-12(2)20-21)19-17(23)22-14-4-3-5-15(22)9-14/h6-8,10,14-15H,3-5,9H2,1-2H3,(H,19,23). The Morgan fingerprint density at radius 1 is 1.26 bits per heavy atom. The second-order valence-electron chi connectivity index (χ2n) is 6.55. The van der Waals surface area contributed by atoms with Crippen molar-refractivity contribution < 1.29 is 4.79 Å². The molecule has 2 saturated heterocycles. The maximum absolute atomic E-state index is 12.5. The molecule has 0 aliphatic carbocycles. The first-order valence-electron chi connectivity index (χ1n) is 8.20. The number of nitrogens with one attached hydrogen (secondary N) is 1. The highest BCUT2D eigenvalue weighted by molar-refractivity contribution is 5.90. The lowest BCUT2D eigenvalue weighted by Gasteiger charge is -2.52. The van der Waals surface area contributed by atoms with Crippen LogP contribution in [0.2, 0.25) is 0 Å². The summed E-state index contributed by atoms with van der Waals surface area (Å²) in [6.45, 7) is 3.89. The summed E-state index contributed by atoms with van der Waals surface area (Å²) in [6.07, 6.45) is 6.40. The zero-order valence-electron chi connectivity index (χ0n) is 13.5. The van der Waals surface area contributed by atoms with E-state index in [-0.39, 0.29) is 6.03 Å². The number of hydrogen-bond donors (Lipinski definition) is 1. The van der Waals surface area contributed by atoms with Gasteiger partial charge in [-0.25, -0.2) is 14.5 Å². The lowest BCUT2D eigenvalue weighted by atomic mass is 9.80. The van der Waals surface area contributed by atoms with Gasteiger partial charge in [-0.3, -0.25) is 0 Å². The molecule has 2 aromatic rings. The van der Waals surface area contributed by atoms with Crippen molar-refractivity contribution >= 4 is 11.7 Å². The summed E-state index contributed by atoms with van der Waals surface area (Å²) in [4.78, 5) is 18.7. The van der Waals surface area contributed by atoms with Crippen molar-refractivity contribution in [3.8, 4) is 5.69 Å². The molecule has 2 fully saturated rings. The van der Waals surface area contributed by atoms with E-state index in [9.17, 15) is 4.79 Å². The van der Waals surface area contributed by atoms with Crippen LogP contribution < -0.4 is 5.32 Å². The van der Waals surface area contributed by atoms with Crippen molar-refractivity contribution in [1.82, 2.24) is 19.7 Å². The monoisotopic (exact) mass is 311 g/mol. The number of fused-ring (bicyclic) bond motifs is 2. The van der Waals surface area contributed by atoms with Crippen LogP contribution in [0, 0.1) is 13.8 Å². The largest absolute Gasteiger partial charge is 0.322 e. The number of carbonyl (C=O) groups excluding carboxylic acids is 1. The van der Waals surface area contributed by atoms with E-state index in [0.717, 1.165) is 35.6 Å². The van der Waals surface area contributed by atoms with Crippen LogP contribution in [-0.2, 0) is 0 Å². The molecule has 6 heteroatoms. The summed E-state index contributed by atoms with van der Waals surface area (Å²) in [5, 5.41) is 7.40. The molecular formula is C17H21N5O. The topological polar surface area (TPSA) is 63.1 Å². The Hall–Kier alpha value is -2.37. The van der Waals surface area contributed by atoms with E-state index in [1.54, 1.807) is 11.0 Å². The number of urea groups is 1. The van der Waals surface area contributed by atoms with Gasteiger partial charge in [-0.15, -0.1) is 0 Å². The fourth-order valence-corrected chi connectivity index (χ4v) is 3.72. The molecule has 2 unspecified atom stereocenters. The smallest absolute Gasteiger partial charge is 0.318 e. The van der Waals surface area contributed by atoms with Crippen LogP contribution in [0.25, 0.3) is 5.69 Å². The highest BCUT2D eigenvalue weighted by Gasteiger charge is 2.44. The molecule has 2 aliphatic heterocycles. The zero-order valence-corrected chi connectivity index (χ0v) is 13.5. The summed E-state index contributed by atoms with van der Waals surface area (Å²) in [6, 6.07) is 6.80. The van der Waals surface area contributed by atoms with Crippen molar-refractivity contribution in [3.63, 3.8) is 0 Å². The molecule has 2 bridgehead atoms. The molecule has 2 aliphatic rings. The van der Waals surface area contributed by atoms with E-state index < -0.39 is 0 Å². The second-order valence-corrected chi connectivity index (χ2v) is 6.55. The molecule has 6 nitrogen and oxygen atoms in total. The van der Waals surface area contributed by atoms with Crippen LogP contribution in [0.5, 0.6) is 0 Å². The number of amides is 2. The number of aryl methyl sites for hydroxylation is 2. The number of benzene rings is 1. The summed E-state index contributed by atoms with van der Waals surface area (Å²) < 4.78 is 1.75. The van der Waals surface area contributed by atoms with Gasteiger partial charge in [-0.2, -0.15) is 5.10 Å². The number of aromatic nitrogens is 3. The number of nitrogens with zero attached hydrogens (tertiary/aromatic N) is 4. The van der Waals surface area contributed by atoms with Crippen LogP contribution in [0.15, 0.2) is 24.5 Å². The maximum atomic E-state index is 12.5. The van der Waals surface area contributed by atoms with E-state index >= 15 is 0 Å². The summed E-state index contributed by atoms with van der Waals surface area (Å²) in [5.41, 5.74) is 2.83. The Morgan fingerprint density at radius 3 is 2.70 bits per heavy atom. The Labute approximate surface area is 135 Å². The van der Waals surface area contributed by atoms with Crippen LogP contribution >= 0.6 is 0 Å². The third-order valence-corrected chi connectivity index (χ3v) is 4.95. The number of piperidine rings is 1. The van der Waals surface area contributed by atoms with E-state index in [1.807, 2.05) is 36.9 Å². The van der Waals surface area contributed by atoms with E-state index in [4.69, 9.17) is 0 Å². The predicted molar refractivity (Wildman–Crippen MR) is 87.7 cm³/mol. The minimum Gasteiger partial charge on any atom is -0.318 e. The first kappa shape index (κ1) is 14.2. The van der Waals surface area contributed by atoms with Gasteiger partial charge >= 0.3 is 6.03 Å². The van der Waals surface area contributed by atoms with Crippen LogP contribution in [-0.4, -0.2) is 37.8 Å². The molecule has 2 amide bonds. The number of anilines is 1. The van der Waals surface area contributed by atoms with E-state index in [0.29, 0.717) is 12.1 Å². The molecule has 120 valence electrons. The third-order valence-electron chi connectivity index (χ3n) is 4.95. The Morgan fingerprint density at radius 2 is 2.04 bits per heavy atom. The Kier molecular flexibility index (Phi) is 3.32. The zero-order chi connectivity index (χ0) is 16.0. The molecular weight excluding hydrogens is 290 g/mol. The van der Waals surface area contributed by atoms with Gasteiger partial charge in [0.05, 0.1) is 5.69 Å². The molecule has 1 aromatic carbocycles. The highest BCUT2D eigenvalue weighted by atomic mass is 16.2. The number of hydrogen-bond acceptors (Lipinski definition) is 3. The fourth-order valence-electron chi connectivity index (χ4n) is 3.72. The van der Waals surface area contributed by atoms with Crippen molar-refractivity contribution in [2.45, 2.75) is 51.6 Å². The van der Waals surface area contributed by atoms with Crippen LogP contribution in [0.4, 0.5) is 10.5 Å². The summed E-state index contributed by atoms with van der Waals surface area (Å²) in [7, 11) is 0. The van der Waals surface area contributed by atoms with E-state index in [2.05, 4.69) is 15.4 Å².